The van der Waals surface area contributed by atoms with Gasteiger partial charge in [0.1, 0.15) is 12.2 Å². The third-order valence-electron chi connectivity index (χ3n) is 7.60. The molecule has 0 radical (unpaired) electrons. The Bertz CT molecular complexity index is 948. The molecule has 5 rings (SSSR count). The van der Waals surface area contributed by atoms with Gasteiger partial charge in [-0.15, -0.1) is 0 Å². The molecule has 8 heteroatoms. The molecule has 0 aromatic heterocycles. The number of aryl methyl sites for hydroxylation is 1. The van der Waals surface area contributed by atoms with E-state index in [0.717, 1.165) is 56.9 Å². The van der Waals surface area contributed by atoms with Crippen LogP contribution in [-0.2, 0) is 27.3 Å². The molecule has 2 aliphatic carbocycles. The maximum absolute atomic E-state index is 12.3. The molecule has 2 aliphatic heterocycles. The second kappa shape index (κ2) is 7.07. The molecule has 164 valence electrons. The van der Waals surface area contributed by atoms with Crippen LogP contribution in [0.4, 0.5) is 0 Å². The van der Waals surface area contributed by atoms with Crippen molar-refractivity contribution in [1.82, 2.24) is 4.90 Å². The molecule has 0 amide bonds. The van der Waals surface area contributed by atoms with Gasteiger partial charge in [-0.2, -0.15) is 0 Å². The molecule has 2 N–H and O–H groups in total. The first kappa shape index (κ1) is 20.5. The number of hydrogen-bond acceptors (Lipinski definition) is 6. The molecule has 30 heavy (non-hydrogen) atoms. The van der Waals surface area contributed by atoms with E-state index in [4.69, 9.17) is 9.26 Å². The van der Waals surface area contributed by atoms with E-state index in [-0.39, 0.29) is 17.1 Å². The summed E-state index contributed by atoms with van der Waals surface area (Å²) < 4.78 is 28.8. The number of benzene rings is 1. The minimum Gasteiger partial charge on any atom is -0.482 e. The van der Waals surface area contributed by atoms with Crippen LogP contribution in [0.3, 0.4) is 0 Å². The Morgan fingerprint density at radius 1 is 1.40 bits per heavy atom. The molecule has 1 saturated heterocycles. The van der Waals surface area contributed by atoms with Crippen LogP contribution in [-0.4, -0.2) is 53.9 Å². The predicted octanol–water partition coefficient (Wildman–Crippen LogP) is 2.96. The highest BCUT2D eigenvalue weighted by Crippen LogP contribution is 2.64. The number of unbranched alkanes of at least 4 members (excludes halogenated alkanes) is 1. The molecule has 1 aromatic carbocycles. The van der Waals surface area contributed by atoms with E-state index in [0.29, 0.717) is 11.8 Å². The van der Waals surface area contributed by atoms with E-state index in [1.165, 1.54) is 5.56 Å². The van der Waals surface area contributed by atoms with Gasteiger partial charge in [-0.3, -0.25) is 9.42 Å². The van der Waals surface area contributed by atoms with Gasteiger partial charge in [-0.1, -0.05) is 25.5 Å². The lowest BCUT2D eigenvalue weighted by Crippen LogP contribution is -2.64. The summed E-state index contributed by atoms with van der Waals surface area (Å²) in [7, 11) is -0.915. The van der Waals surface area contributed by atoms with E-state index >= 15 is 0 Å². The van der Waals surface area contributed by atoms with Crippen LogP contribution in [0.5, 0.6) is 11.5 Å². The number of rotatable bonds is 6. The van der Waals surface area contributed by atoms with Crippen LogP contribution >= 0.6 is 7.82 Å². The fraction of sp³-hybridized carbons (Fsp3) is 0.636. The number of ether oxygens (including phenoxy) is 1. The maximum Gasteiger partial charge on any atom is 0.527 e. The van der Waals surface area contributed by atoms with E-state index in [2.05, 4.69) is 29.5 Å². The molecular weight excluding hydrogens is 405 g/mol. The van der Waals surface area contributed by atoms with Crippen LogP contribution in [0.1, 0.15) is 42.9 Å². The number of likely N-dealkylation sites (tertiary alicyclic amines) is 1. The zero-order chi connectivity index (χ0) is 21.3. The zero-order valence-corrected chi connectivity index (χ0v) is 18.6. The highest BCUT2D eigenvalue weighted by Gasteiger charge is 2.64. The van der Waals surface area contributed by atoms with Crippen LogP contribution in [0.2, 0.25) is 0 Å². The van der Waals surface area contributed by atoms with Crippen molar-refractivity contribution in [3.05, 3.63) is 34.9 Å². The fourth-order valence-electron chi connectivity index (χ4n) is 6.20. The zero-order valence-electron chi connectivity index (χ0n) is 17.7. The van der Waals surface area contributed by atoms with Gasteiger partial charge in [0.25, 0.3) is 0 Å². The maximum atomic E-state index is 12.3. The molecule has 1 fully saturated rings. The quantitative estimate of drug-likeness (QED) is 0.525. The first-order valence-corrected chi connectivity index (χ1v) is 12.3. The summed E-state index contributed by atoms with van der Waals surface area (Å²) in [6, 6.07) is 2.21. The molecule has 4 aliphatic rings. The van der Waals surface area contributed by atoms with Crippen LogP contribution in [0, 0.1) is 5.92 Å². The number of aliphatic hydroxyl groups excluding tert-OH is 1. The molecular formula is C22H30NO6P. The molecule has 1 unspecified atom stereocenters. The normalized spacial score (nSPS) is 35.5. The highest BCUT2D eigenvalue weighted by atomic mass is 31.2. The minimum atomic E-state index is -4.25. The van der Waals surface area contributed by atoms with Crippen molar-refractivity contribution >= 4 is 7.82 Å². The van der Waals surface area contributed by atoms with Gasteiger partial charge in [0.2, 0.25) is 0 Å². The lowest BCUT2D eigenvalue weighted by atomic mass is 9.53. The average Bonchev–Trinajstić information content (AvgIpc) is 3.07. The summed E-state index contributed by atoms with van der Waals surface area (Å²) in [6.45, 7) is 3.08. The minimum absolute atomic E-state index is 0.232. The Kier molecular flexibility index (Phi) is 4.84. The van der Waals surface area contributed by atoms with E-state index < -0.39 is 20.0 Å². The number of aliphatic hydroxyl groups is 1. The van der Waals surface area contributed by atoms with Crippen molar-refractivity contribution in [2.75, 3.05) is 20.7 Å². The van der Waals surface area contributed by atoms with Gasteiger partial charge in [-0.05, 0) is 56.5 Å². The van der Waals surface area contributed by atoms with Crippen molar-refractivity contribution in [2.24, 2.45) is 5.92 Å². The second-order valence-electron chi connectivity index (χ2n) is 9.04. The number of phosphoric ester groups is 1. The van der Waals surface area contributed by atoms with Gasteiger partial charge in [0, 0.05) is 30.0 Å². The topological polar surface area (TPSA) is 88.5 Å². The Hall–Kier alpha value is -1.37. The van der Waals surface area contributed by atoms with Gasteiger partial charge in [0.05, 0.1) is 0 Å². The van der Waals surface area contributed by atoms with E-state index in [9.17, 15) is 14.6 Å². The summed E-state index contributed by atoms with van der Waals surface area (Å²) in [6.07, 6.45) is 7.60. The first-order valence-electron chi connectivity index (χ1n) is 10.8. The molecule has 6 atom stereocenters. The van der Waals surface area contributed by atoms with Gasteiger partial charge < -0.3 is 19.3 Å². The highest BCUT2D eigenvalue weighted by molar-refractivity contribution is 7.47. The lowest BCUT2D eigenvalue weighted by molar-refractivity contribution is -0.0453. The first-order chi connectivity index (χ1) is 14.3. The van der Waals surface area contributed by atoms with E-state index in [1.54, 1.807) is 0 Å². The van der Waals surface area contributed by atoms with Crippen LogP contribution in [0.25, 0.3) is 0 Å². The number of hydrogen-bond donors (Lipinski definition) is 2. The second-order valence-corrected chi connectivity index (χ2v) is 10.5. The van der Waals surface area contributed by atoms with Crippen molar-refractivity contribution in [2.45, 2.75) is 62.7 Å². The summed E-state index contributed by atoms with van der Waals surface area (Å²) in [5, 5.41) is 10.8. The molecule has 1 aromatic rings. The SMILES string of the molecule is CCCCc1cc(OP(=O)(O)OC)c2c3c1C[C@@H]1[C@@H]4C=C[C@H](O)[C@H](O2)[C@]34CCN1C. The third-order valence-corrected chi connectivity index (χ3v) is 8.49. The smallest absolute Gasteiger partial charge is 0.482 e. The monoisotopic (exact) mass is 435 g/mol. The Morgan fingerprint density at radius 2 is 2.20 bits per heavy atom. The van der Waals surface area contributed by atoms with Crippen molar-refractivity contribution in [1.29, 1.82) is 0 Å². The number of nitrogens with zero attached hydrogens (tertiary/aromatic N) is 1. The summed E-state index contributed by atoms with van der Waals surface area (Å²) >= 11 is 0. The number of likely N-dealkylation sites (N-methyl/N-ethyl adjacent to an activating group) is 1. The third kappa shape index (κ3) is 2.76. The van der Waals surface area contributed by atoms with Gasteiger partial charge in [0.15, 0.2) is 11.5 Å². The van der Waals surface area contributed by atoms with E-state index in [1.807, 2.05) is 12.1 Å². The molecule has 7 nitrogen and oxygen atoms in total. The Morgan fingerprint density at radius 3 is 2.93 bits per heavy atom. The summed E-state index contributed by atoms with van der Waals surface area (Å²) in [5.41, 5.74) is 3.17. The van der Waals surface area contributed by atoms with Gasteiger partial charge >= 0.3 is 7.82 Å². The standard InChI is InChI=1S/C22H30NO6P/c1-4-5-6-13-11-18(29-30(25,26)27-3)20-19-14(13)12-16-15-7-8-17(24)21(28-20)22(15,19)9-10-23(16)2/h7-8,11,15-17,21,24H,4-6,9-10,12H2,1-3H3,(H,25,26)/t15-,16+,17-,21-,22-/m0/s1. The summed E-state index contributed by atoms with van der Waals surface area (Å²) in [5.74, 6) is 0.994. The average molecular weight is 435 g/mol. The molecule has 2 bridgehead atoms. The van der Waals surface area contributed by atoms with Crippen LogP contribution < -0.4 is 9.26 Å². The Balaban J connectivity index is 1.75. The fourth-order valence-corrected chi connectivity index (χ4v) is 6.66. The van der Waals surface area contributed by atoms with Crippen molar-refractivity contribution in [3.63, 3.8) is 0 Å². The molecule has 1 spiro atoms. The van der Waals surface area contributed by atoms with Gasteiger partial charge in [-0.25, -0.2) is 4.57 Å². The largest absolute Gasteiger partial charge is 0.527 e. The predicted molar refractivity (Wildman–Crippen MR) is 112 cm³/mol. The van der Waals surface area contributed by atoms with Crippen LogP contribution in [0.15, 0.2) is 18.2 Å². The number of piperidine rings is 1. The van der Waals surface area contributed by atoms with Crippen molar-refractivity contribution in [3.8, 4) is 11.5 Å². The molecule has 2 heterocycles. The summed E-state index contributed by atoms with van der Waals surface area (Å²) in [4.78, 5) is 12.4. The van der Waals surface area contributed by atoms with Crippen molar-refractivity contribution < 1.29 is 28.3 Å². The molecule has 0 saturated carbocycles. The Labute approximate surface area is 177 Å². The lowest BCUT2D eigenvalue weighted by Gasteiger charge is -2.56. The number of phosphoric acid groups is 1.